The van der Waals surface area contributed by atoms with E-state index < -0.39 is 0 Å². The highest BCUT2D eigenvalue weighted by molar-refractivity contribution is 6.07. The summed E-state index contributed by atoms with van der Waals surface area (Å²) in [6.45, 7) is 1.93. The fourth-order valence-corrected chi connectivity index (χ4v) is 2.35. The second-order valence-electron chi connectivity index (χ2n) is 5.59. The second-order valence-corrected chi connectivity index (χ2v) is 5.59. The third-order valence-electron chi connectivity index (χ3n) is 3.69. The maximum absolute atomic E-state index is 13.9. The van der Waals surface area contributed by atoms with E-state index in [9.17, 15) is 4.39 Å². The van der Waals surface area contributed by atoms with Crippen LogP contribution in [0, 0.1) is 18.2 Å². The molecule has 0 radical (unpaired) electrons. The summed E-state index contributed by atoms with van der Waals surface area (Å²) in [6.07, 6.45) is 4.59. The molecule has 0 unspecified atom stereocenters. The van der Waals surface area contributed by atoms with E-state index in [2.05, 4.69) is 20.3 Å². The number of nitrogens with one attached hydrogen (secondary N) is 2. The maximum Gasteiger partial charge on any atom is 0.308 e. The minimum atomic E-state index is -0.327. The van der Waals surface area contributed by atoms with E-state index in [1.807, 2.05) is 0 Å². The van der Waals surface area contributed by atoms with E-state index >= 15 is 0 Å². The van der Waals surface area contributed by atoms with Gasteiger partial charge in [0.2, 0.25) is 5.89 Å². The van der Waals surface area contributed by atoms with Crippen LogP contribution >= 0.6 is 0 Å². The van der Waals surface area contributed by atoms with Crippen LogP contribution in [0.4, 0.5) is 4.39 Å². The molecule has 138 valence electrons. The monoisotopic (exact) mass is 367 g/mol. The third kappa shape index (κ3) is 4.35. The van der Waals surface area contributed by atoms with Crippen molar-refractivity contribution < 1.29 is 13.5 Å². The van der Waals surface area contributed by atoms with Gasteiger partial charge in [-0.3, -0.25) is 5.41 Å². The maximum atomic E-state index is 13.9. The lowest BCUT2D eigenvalue weighted by Gasteiger charge is -2.09. The van der Waals surface area contributed by atoms with E-state index in [1.165, 1.54) is 19.3 Å². The summed E-state index contributed by atoms with van der Waals surface area (Å²) in [6, 6.07) is 8.10. The van der Waals surface area contributed by atoms with Crippen molar-refractivity contribution in [3.63, 3.8) is 0 Å². The van der Waals surface area contributed by atoms with Crippen molar-refractivity contribution in [2.45, 2.75) is 13.5 Å². The van der Waals surface area contributed by atoms with Crippen molar-refractivity contribution in [3.8, 4) is 5.95 Å². The van der Waals surface area contributed by atoms with Gasteiger partial charge >= 0.3 is 5.95 Å². The van der Waals surface area contributed by atoms with Gasteiger partial charge in [-0.2, -0.15) is 0 Å². The van der Waals surface area contributed by atoms with E-state index in [-0.39, 0.29) is 35.7 Å². The van der Waals surface area contributed by atoms with Gasteiger partial charge < -0.3 is 14.5 Å². The predicted octanol–water partition coefficient (Wildman–Crippen LogP) is 3.12. The first-order chi connectivity index (χ1) is 13.1. The van der Waals surface area contributed by atoms with Crippen LogP contribution in [0.3, 0.4) is 0 Å². The molecule has 0 aliphatic carbocycles. The highest BCUT2D eigenvalue weighted by atomic mass is 19.1. The number of allylic oxidation sites excluding steroid dienone is 1. The van der Waals surface area contributed by atoms with Crippen molar-refractivity contribution in [2.24, 2.45) is 0 Å². The summed E-state index contributed by atoms with van der Waals surface area (Å²) in [7, 11) is 1.48. The van der Waals surface area contributed by atoms with Gasteiger partial charge in [0, 0.05) is 24.5 Å². The number of rotatable bonds is 7. The van der Waals surface area contributed by atoms with E-state index in [0.29, 0.717) is 17.0 Å². The molecule has 7 nitrogen and oxygen atoms in total. The smallest absolute Gasteiger partial charge is 0.308 e. The van der Waals surface area contributed by atoms with Gasteiger partial charge in [0.15, 0.2) is 5.82 Å². The molecule has 3 aromatic rings. The number of aromatic nitrogens is 3. The molecule has 2 heterocycles. The first kappa shape index (κ1) is 18.2. The Hall–Kier alpha value is -3.55. The zero-order chi connectivity index (χ0) is 19.2. The molecule has 3 rings (SSSR count). The molecule has 0 atom stereocenters. The molecular formula is C19H18FN5O2. The van der Waals surface area contributed by atoms with E-state index in [1.54, 1.807) is 43.6 Å². The predicted molar refractivity (Wildman–Crippen MR) is 97.9 cm³/mol. The number of benzene rings is 1. The summed E-state index contributed by atoms with van der Waals surface area (Å²) in [5, 5.41) is 11.3. The number of methoxy groups -OCH3 is 1. The summed E-state index contributed by atoms with van der Waals surface area (Å²) in [5.74, 6) is 0.414. The summed E-state index contributed by atoms with van der Waals surface area (Å²) in [5.41, 5.74) is 1.48. The van der Waals surface area contributed by atoms with Crippen molar-refractivity contribution in [2.75, 3.05) is 7.11 Å². The Morgan fingerprint density at radius 1 is 1.26 bits per heavy atom. The van der Waals surface area contributed by atoms with Crippen molar-refractivity contribution in [1.82, 2.24) is 20.3 Å². The Kier molecular flexibility index (Phi) is 5.55. The van der Waals surface area contributed by atoms with Crippen LogP contribution in [-0.4, -0.2) is 27.8 Å². The second kappa shape index (κ2) is 8.22. The van der Waals surface area contributed by atoms with Crippen molar-refractivity contribution in [1.29, 1.82) is 5.41 Å². The minimum absolute atomic E-state index is 0.0569. The van der Waals surface area contributed by atoms with Crippen LogP contribution in [-0.2, 0) is 6.54 Å². The van der Waals surface area contributed by atoms with Crippen molar-refractivity contribution >= 4 is 11.4 Å². The Morgan fingerprint density at radius 3 is 2.67 bits per heavy atom. The Labute approximate surface area is 155 Å². The van der Waals surface area contributed by atoms with Crippen molar-refractivity contribution in [3.05, 3.63) is 77.6 Å². The number of hydrogen-bond acceptors (Lipinski definition) is 7. The zero-order valence-electron chi connectivity index (χ0n) is 14.9. The minimum Gasteiger partial charge on any atom is -0.467 e. The van der Waals surface area contributed by atoms with Gasteiger partial charge in [0.05, 0.1) is 7.11 Å². The molecule has 0 spiro atoms. The topological polar surface area (TPSA) is 96.9 Å². The fraction of sp³-hybridized carbons (Fsp3) is 0.158. The van der Waals surface area contributed by atoms with Crippen LogP contribution in [0.25, 0.3) is 5.70 Å². The van der Waals surface area contributed by atoms with Gasteiger partial charge in [0.25, 0.3) is 0 Å². The van der Waals surface area contributed by atoms with Crippen LogP contribution in [0.5, 0.6) is 5.95 Å². The highest BCUT2D eigenvalue weighted by Crippen LogP contribution is 2.23. The molecule has 0 bridgehead atoms. The lowest BCUT2D eigenvalue weighted by atomic mass is 10.2. The fourth-order valence-electron chi connectivity index (χ4n) is 2.35. The molecule has 0 aliphatic rings. The number of oxazole rings is 1. The molecule has 0 fully saturated rings. The summed E-state index contributed by atoms with van der Waals surface area (Å²) in [4.78, 5) is 12.4. The Bertz CT molecular complexity index is 969. The molecule has 2 N–H and O–H groups in total. The Balaban J connectivity index is 1.91. The number of aryl methyl sites for hydroxylation is 1. The first-order valence-corrected chi connectivity index (χ1v) is 8.15. The van der Waals surface area contributed by atoms with E-state index in [4.69, 9.17) is 14.6 Å². The molecule has 0 saturated carbocycles. The van der Waals surface area contributed by atoms with Gasteiger partial charge in [-0.1, -0.05) is 18.2 Å². The lowest BCUT2D eigenvalue weighted by Crippen LogP contribution is -2.15. The molecule has 27 heavy (non-hydrogen) atoms. The molecule has 1 aromatic carbocycles. The molecule has 0 aliphatic heterocycles. The lowest BCUT2D eigenvalue weighted by molar-refractivity contribution is 0.298. The average Bonchev–Trinajstić information content (AvgIpc) is 3.07. The number of ether oxygens (including phenoxy) is 1. The SMILES string of the molecule is COc1oc(/C(=C/C(=N)c2ncccn2)NCc2ccccc2F)nc1C. The summed E-state index contributed by atoms with van der Waals surface area (Å²) < 4.78 is 24.6. The molecule has 0 amide bonds. The van der Waals surface area contributed by atoms with Crippen LogP contribution < -0.4 is 10.1 Å². The quantitative estimate of drug-likeness (QED) is 0.623. The Morgan fingerprint density at radius 2 is 2.00 bits per heavy atom. The standard InChI is InChI=1S/C19H18FN5O2/c1-12-19(26-2)27-18(25-12)16(10-15(21)17-22-8-5-9-23-17)24-11-13-6-3-4-7-14(13)20/h3-10,21,24H,11H2,1-2H3/b16-10-,21-15?. The number of halogens is 1. The first-order valence-electron chi connectivity index (χ1n) is 8.15. The van der Waals surface area contributed by atoms with Gasteiger partial charge in [-0.15, -0.1) is 0 Å². The van der Waals surface area contributed by atoms with Crippen LogP contribution in [0.15, 0.2) is 53.2 Å². The van der Waals surface area contributed by atoms with Crippen LogP contribution in [0.1, 0.15) is 23.0 Å². The van der Waals surface area contributed by atoms with Gasteiger partial charge in [0.1, 0.15) is 22.9 Å². The highest BCUT2D eigenvalue weighted by Gasteiger charge is 2.16. The van der Waals surface area contributed by atoms with Gasteiger partial charge in [-0.05, 0) is 25.1 Å². The molecule has 2 aromatic heterocycles. The molecule has 0 saturated heterocycles. The largest absolute Gasteiger partial charge is 0.467 e. The average molecular weight is 367 g/mol. The molecule has 8 heteroatoms. The van der Waals surface area contributed by atoms with Crippen LogP contribution in [0.2, 0.25) is 0 Å². The summed E-state index contributed by atoms with van der Waals surface area (Å²) >= 11 is 0. The number of nitrogens with zero attached hydrogens (tertiary/aromatic N) is 3. The normalized spacial score (nSPS) is 11.3. The van der Waals surface area contributed by atoms with E-state index in [0.717, 1.165) is 0 Å². The zero-order valence-corrected chi connectivity index (χ0v) is 14.9. The number of hydrogen-bond donors (Lipinski definition) is 2. The van der Waals surface area contributed by atoms with Gasteiger partial charge in [-0.25, -0.2) is 19.3 Å². The molecular weight excluding hydrogens is 349 g/mol. The third-order valence-corrected chi connectivity index (χ3v) is 3.69.